The summed E-state index contributed by atoms with van der Waals surface area (Å²) in [5, 5.41) is 5.86. The lowest BCUT2D eigenvalue weighted by atomic mass is 10.2. The van der Waals surface area contributed by atoms with Gasteiger partial charge in [0, 0.05) is 17.6 Å². The number of carbonyl (C=O) groups is 1. The monoisotopic (exact) mass is 347 g/mol. The maximum absolute atomic E-state index is 12.0. The van der Waals surface area contributed by atoms with Crippen LogP contribution in [0.3, 0.4) is 0 Å². The van der Waals surface area contributed by atoms with E-state index in [1.165, 1.54) is 4.31 Å². The topological polar surface area (TPSA) is 78.5 Å². The zero-order valence-electron chi connectivity index (χ0n) is 13.2. The van der Waals surface area contributed by atoms with Crippen LogP contribution in [0.5, 0.6) is 0 Å². The molecule has 1 aromatic rings. The third-order valence-electron chi connectivity index (χ3n) is 2.85. The zero-order chi connectivity index (χ0) is 16.9. The summed E-state index contributed by atoms with van der Waals surface area (Å²) in [4.78, 5) is 11.5. The molecule has 0 aliphatic carbocycles. The van der Waals surface area contributed by atoms with Gasteiger partial charge in [0.25, 0.3) is 0 Å². The minimum absolute atomic E-state index is 0.0181. The first kappa shape index (κ1) is 18.6. The van der Waals surface area contributed by atoms with Gasteiger partial charge in [-0.2, -0.15) is 0 Å². The lowest BCUT2D eigenvalue weighted by Crippen LogP contribution is -2.44. The molecule has 1 aromatic carbocycles. The van der Waals surface area contributed by atoms with Crippen molar-refractivity contribution >= 4 is 33.3 Å². The Morgan fingerprint density at radius 1 is 1.36 bits per heavy atom. The summed E-state index contributed by atoms with van der Waals surface area (Å²) in [7, 11) is -3.46. The first-order chi connectivity index (χ1) is 10.1. The van der Waals surface area contributed by atoms with Gasteiger partial charge >= 0.3 is 6.03 Å². The largest absolute Gasteiger partial charge is 0.336 e. The zero-order valence-corrected chi connectivity index (χ0v) is 14.8. The van der Waals surface area contributed by atoms with Crippen LogP contribution in [-0.2, 0) is 10.0 Å². The van der Waals surface area contributed by atoms with E-state index < -0.39 is 10.0 Å². The SMILES string of the molecule is Cc1cc(Cl)ccc1N(CCNC(=O)NC(C)C)S(C)(=O)=O. The number of hydrogen-bond donors (Lipinski definition) is 2. The molecule has 0 spiro atoms. The molecular weight excluding hydrogens is 326 g/mol. The molecule has 0 radical (unpaired) electrons. The molecule has 22 heavy (non-hydrogen) atoms. The molecular formula is C14H22ClN3O3S. The van der Waals surface area contributed by atoms with Crippen molar-refractivity contribution in [3.05, 3.63) is 28.8 Å². The van der Waals surface area contributed by atoms with Crippen LogP contribution in [0.1, 0.15) is 19.4 Å². The first-order valence-electron chi connectivity index (χ1n) is 6.89. The van der Waals surface area contributed by atoms with Gasteiger partial charge in [-0.25, -0.2) is 13.2 Å². The lowest BCUT2D eigenvalue weighted by Gasteiger charge is -2.24. The fourth-order valence-corrected chi connectivity index (χ4v) is 3.16. The van der Waals surface area contributed by atoms with E-state index in [1.54, 1.807) is 25.1 Å². The number of nitrogens with zero attached hydrogens (tertiary/aromatic N) is 1. The second kappa shape index (κ2) is 7.69. The summed E-state index contributed by atoms with van der Waals surface area (Å²) in [6.07, 6.45) is 1.13. The minimum atomic E-state index is -3.46. The van der Waals surface area contributed by atoms with Crippen LogP contribution < -0.4 is 14.9 Å². The molecule has 0 aliphatic rings. The number of carbonyl (C=O) groups excluding carboxylic acids is 1. The molecule has 0 fully saturated rings. The average molecular weight is 348 g/mol. The van der Waals surface area contributed by atoms with E-state index in [1.807, 2.05) is 13.8 Å². The van der Waals surface area contributed by atoms with E-state index in [2.05, 4.69) is 10.6 Å². The summed E-state index contributed by atoms with van der Waals surface area (Å²) in [6, 6.07) is 4.70. The molecule has 124 valence electrons. The number of rotatable bonds is 6. The van der Waals surface area contributed by atoms with E-state index in [0.717, 1.165) is 11.8 Å². The maximum Gasteiger partial charge on any atom is 0.315 e. The van der Waals surface area contributed by atoms with E-state index in [-0.39, 0.29) is 25.2 Å². The molecule has 0 saturated carbocycles. The van der Waals surface area contributed by atoms with Crippen LogP contribution >= 0.6 is 11.6 Å². The van der Waals surface area contributed by atoms with Crippen molar-refractivity contribution in [1.82, 2.24) is 10.6 Å². The maximum atomic E-state index is 12.0. The summed E-state index contributed by atoms with van der Waals surface area (Å²) in [5.74, 6) is 0. The van der Waals surface area contributed by atoms with Crippen molar-refractivity contribution in [2.45, 2.75) is 26.8 Å². The van der Waals surface area contributed by atoms with Crippen molar-refractivity contribution in [2.24, 2.45) is 0 Å². The van der Waals surface area contributed by atoms with Gasteiger partial charge in [-0.3, -0.25) is 4.31 Å². The minimum Gasteiger partial charge on any atom is -0.336 e. The Hall–Kier alpha value is -1.47. The highest BCUT2D eigenvalue weighted by atomic mass is 35.5. The van der Waals surface area contributed by atoms with Crippen LogP contribution in [0.4, 0.5) is 10.5 Å². The van der Waals surface area contributed by atoms with Gasteiger partial charge in [0.05, 0.1) is 18.5 Å². The van der Waals surface area contributed by atoms with Gasteiger partial charge in [-0.05, 0) is 44.5 Å². The average Bonchev–Trinajstić information content (AvgIpc) is 2.33. The molecule has 2 amide bonds. The Kier molecular flexibility index (Phi) is 6.49. The first-order valence-corrected chi connectivity index (χ1v) is 9.12. The number of aryl methyl sites for hydroxylation is 1. The molecule has 0 bridgehead atoms. The van der Waals surface area contributed by atoms with Crippen LogP contribution in [0.15, 0.2) is 18.2 Å². The Morgan fingerprint density at radius 3 is 2.50 bits per heavy atom. The number of anilines is 1. The summed E-state index contributed by atoms with van der Waals surface area (Å²) >= 11 is 5.90. The van der Waals surface area contributed by atoms with E-state index >= 15 is 0 Å². The Bertz CT molecular complexity index is 632. The highest BCUT2D eigenvalue weighted by Crippen LogP contribution is 2.25. The van der Waals surface area contributed by atoms with Crippen LogP contribution in [0, 0.1) is 6.92 Å². The molecule has 0 aromatic heterocycles. The second-order valence-electron chi connectivity index (χ2n) is 5.32. The molecule has 1 rings (SSSR count). The van der Waals surface area contributed by atoms with Gasteiger partial charge < -0.3 is 10.6 Å². The molecule has 0 heterocycles. The molecule has 0 unspecified atom stereocenters. The number of urea groups is 1. The van der Waals surface area contributed by atoms with Crippen molar-refractivity contribution in [3.8, 4) is 0 Å². The van der Waals surface area contributed by atoms with Gasteiger partial charge in [0.15, 0.2) is 0 Å². The van der Waals surface area contributed by atoms with Crippen LogP contribution in [0.25, 0.3) is 0 Å². The number of hydrogen-bond acceptors (Lipinski definition) is 3. The summed E-state index contributed by atoms with van der Waals surface area (Å²) in [5.41, 5.74) is 1.31. The van der Waals surface area contributed by atoms with Crippen molar-refractivity contribution in [1.29, 1.82) is 0 Å². The summed E-state index contributed by atoms with van der Waals surface area (Å²) in [6.45, 7) is 5.83. The Labute approximate surface area is 136 Å². The Morgan fingerprint density at radius 2 is 2.00 bits per heavy atom. The number of sulfonamides is 1. The van der Waals surface area contributed by atoms with Gasteiger partial charge in [-0.1, -0.05) is 11.6 Å². The molecule has 8 heteroatoms. The van der Waals surface area contributed by atoms with Crippen molar-refractivity contribution < 1.29 is 13.2 Å². The standard InChI is InChI=1S/C14H22ClN3O3S/c1-10(2)17-14(19)16-7-8-18(22(4,20)21)13-6-5-12(15)9-11(13)3/h5-6,9-10H,7-8H2,1-4H3,(H2,16,17,19). The highest BCUT2D eigenvalue weighted by molar-refractivity contribution is 7.92. The van der Waals surface area contributed by atoms with E-state index in [9.17, 15) is 13.2 Å². The van der Waals surface area contributed by atoms with Crippen LogP contribution in [-0.4, -0.2) is 39.8 Å². The highest BCUT2D eigenvalue weighted by Gasteiger charge is 2.19. The number of amides is 2. The molecule has 0 aliphatic heterocycles. The van der Waals surface area contributed by atoms with Crippen molar-refractivity contribution in [2.75, 3.05) is 23.7 Å². The quantitative estimate of drug-likeness (QED) is 0.827. The van der Waals surface area contributed by atoms with Crippen LogP contribution in [0.2, 0.25) is 5.02 Å². The molecule has 0 atom stereocenters. The fraction of sp³-hybridized carbons (Fsp3) is 0.500. The normalized spacial score (nSPS) is 11.4. The summed E-state index contributed by atoms with van der Waals surface area (Å²) < 4.78 is 25.2. The predicted molar refractivity (Wildman–Crippen MR) is 90.0 cm³/mol. The van der Waals surface area contributed by atoms with E-state index in [0.29, 0.717) is 10.7 Å². The second-order valence-corrected chi connectivity index (χ2v) is 7.66. The number of nitrogens with one attached hydrogen (secondary N) is 2. The Balaban J connectivity index is 2.81. The molecule has 0 saturated heterocycles. The number of benzene rings is 1. The molecule has 6 nitrogen and oxygen atoms in total. The lowest BCUT2D eigenvalue weighted by molar-refractivity contribution is 0.239. The third-order valence-corrected chi connectivity index (χ3v) is 4.26. The fourth-order valence-electron chi connectivity index (χ4n) is 1.95. The smallest absolute Gasteiger partial charge is 0.315 e. The van der Waals surface area contributed by atoms with Crippen molar-refractivity contribution in [3.63, 3.8) is 0 Å². The molecule has 2 N–H and O–H groups in total. The number of halogens is 1. The van der Waals surface area contributed by atoms with Gasteiger partial charge in [0.1, 0.15) is 0 Å². The third kappa shape index (κ3) is 5.73. The predicted octanol–water partition coefficient (Wildman–Crippen LogP) is 2.12. The van der Waals surface area contributed by atoms with Gasteiger partial charge in [-0.15, -0.1) is 0 Å². The van der Waals surface area contributed by atoms with Gasteiger partial charge in [0.2, 0.25) is 10.0 Å². The van der Waals surface area contributed by atoms with E-state index in [4.69, 9.17) is 11.6 Å².